The summed E-state index contributed by atoms with van der Waals surface area (Å²) in [5.41, 5.74) is 1.51. The molecule has 33 heavy (non-hydrogen) atoms. The van der Waals surface area contributed by atoms with Gasteiger partial charge in [-0.25, -0.2) is 10.4 Å². The van der Waals surface area contributed by atoms with Gasteiger partial charge >= 0.3 is 6.18 Å². The molecule has 0 saturated carbocycles. The van der Waals surface area contributed by atoms with E-state index in [1.165, 1.54) is 37.6 Å². The summed E-state index contributed by atoms with van der Waals surface area (Å²) in [6, 6.07) is 10.8. The number of alkyl halides is 3. The van der Waals surface area contributed by atoms with Gasteiger partial charge in [-0.2, -0.15) is 18.3 Å². The molecule has 0 aliphatic carbocycles. The normalized spacial score (nSPS) is 11.5. The van der Waals surface area contributed by atoms with E-state index in [-0.39, 0.29) is 22.8 Å². The predicted octanol–water partition coefficient (Wildman–Crippen LogP) is 6.58. The van der Waals surface area contributed by atoms with Crippen molar-refractivity contribution in [3.8, 4) is 5.75 Å². The largest absolute Gasteiger partial charge is 0.495 e. The van der Waals surface area contributed by atoms with Gasteiger partial charge < -0.3 is 10.1 Å². The number of anilines is 2. The predicted molar refractivity (Wildman–Crippen MR) is 122 cm³/mol. The van der Waals surface area contributed by atoms with E-state index in [1.807, 2.05) is 0 Å². The number of carbonyl (C=O) groups excluding carboxylic acids is 1. The van der Waals surface area contributed by atoms with E-state index in [0.717, 1.165) is 6.07 Å². The smallest absolute Gasteiger partial charge is 0.433 e. The Balaban J connectivity index is 1.93. The summed E-state index contributed by atoms with van der Waals surface area (Å²) in [7, 11) is 1.37. The Bertz CT molecular complexity index is 1220. The fourth-order valence-electron chi connectivity index (χ4n) is 2.63. The van der Waals surface area contributed by atoms with E-state index in [9.17, 15) is 18.0 Å². The van der Waals surface area contributed by atoms with Crippen LogP contribution in [0.25, 0.3) is 0 Å². The molecule has 0 atom stereocenters. The number of carbonyl (C=O) groups is 1. The van der Waals surface area contributed by atoms with Crippen molar-refractivity contribution in [3.05, 3.63) is 80.4 Å². The number of halogens is 6. The molecular weight excluding hydrogens is 504 g/mol. The van der Waals surface area contributed by atoms with Crippen molar-refractivity contribution in [2.45, 2.75) is 6.18 Å². The van der Waals surface area contributed by atoms with Gasteiger partial charge in [0.2, 0.25) is 0 Å². The maximum absolute atomic E-state index is 13.2. The molecule has 2 aromatic carbocycles. The zero-order valence-electron chi connectivity index (χ0n) is 16.7. The Kier molecular flexibility index (Phi) is 7.68. The second kappa shape index (κ2) is 10.3. The number of benzene rings is 2. The number of ether oxygens (including phenoxy) is 1. The minimum atomic E-state index is -4.73. The number of methoxy groups -OCH3 is 1. The SMILES string of the molecule is COc1ccc(Cl)cc1Nc1nc(C(F)(F)F)ccc1C(=O)N/N=C/c1ccc(Cl)cc1Cl. The number of rotatable bonds is 6. The van der Waals surface area contributed by atoms with Crippen LogP contribution in [-0.2, 0) is 6.18 Å². The van der Waals surface area contributed by atoms with Gasteiger partial charge in [0, 0.05) is 15.6 Å². The van der Waals surface area contributed by atoms with Crippen LogP contribution >= 0.6 is 34.8 Å². The van der Waals surface area contributed by atoms with Crippen molar-refractivity contribution in [1.29, 1.82) is 0 Å². The molecule has 12 heteroatoms. The molecule has 0 radical (unpaired) electrons. The molecular formula is C21H14Cl3F3N4O2. The van der Waals surface area contributed by atoms with Gasteiger partial charge in [0.15, 0.2) is 0 Å². The van der Waals surface area contributed by atoms with Crippen molar-refractivity contribution < 1.29 is 22.7 Å². The summed E-state index contributed by atoms with van der Waals surface area (Å²) in [5.74, 6) is -0.913. The van der Waals surface area contributed by atoms with E-state index < -0.39 is 17.8 Å². The van der Waals surface area contributed by atoms with Crippen LogP contribution in [0.15, 0.2) is 53.6 Å². The third-order valence-corrected chi connectivity index (χ3v) is 4.97. The van der Waals surface area contributed by atoms with Crippen molar-refractivity contribution >= 4 is 58.4 Å². The molecule has 2 N–H and O–H groups in total. The van der Waals surface area contributed by atoms with Crippen molar-refractivity contribution in [3.63, 3.8) is 0 Å². The molecule has 0 aliphatic heterocycles. The van der Waals surface area contributed by atoms with Crippen molar-refractivity contribution in [2.24, 2.45) is 5.10 Å². The Morgan fingerprint density at radius 2 is 1.76 bits per heavy atom. The minimum Gasteiger partial charge on any atom is -0.495 e. The molecule has 0 bridgehead atoms. The topological polar surface area (TPSA) is 75.6 Å². The highest BCUT2D eigenvalue weighted by Gasteiger charge is 2.33. The van der Waals surface area contributed by atoms with Crippen LogP contribution in [-0.4, -0.2) is 24.2 Å². The second-order valence-electron chi connectivity index (χ2n) is 6.42. The van der Waals surface area contributed by atoms with E-state index >= 15 is 0 Å². The van der Waals surface area contributed by atoms with Crippen molar-refractivity contribution in [1.82, 2.24) is 10.4 Å². The van der Waals surface area contributed by atoms with Crippen LogP contribution in [0, 0.1) is 0 Å². The highest BCUT2D eigenvalue weighted by molar-refractivity contribution is 6.36. The summed E-state index contributed by atoms with van der Waals surface area (Å²) < 4.78 is 44.9. The summed E-state index contributed by atoms with van der Waals surface area (Å²) in [4.78, 5) is 16.2. The van der Waals surface area contributed by atoms with E-state index in [2.05, 4.69) is 20.8 Å². The summed E-state index contributed by atoms with van der Waals surface area (Å²) >= 11 is 17.9. The van der Waals surface area contributed by atoms with Crippen LogP contribution in [0.1, 0.15) is 21.6 Å². The molecule has 0 saturated heterocycles. The van der Waals surface area contributed by atoms with Crippen LogP contribution in [0.2, 0.25) is 15.1 Å². The first-order valence-corrected chi connectivity index (χ1v) is 10.2. The average Bonchev–Trinajstić information content (AvgIpc) is 2.74. The molecule has 1 amide bonds. The lowest BCUT2D eigenvalue weighted by Crippen LogP contribution is -2.21. The van der Waals surface area contributed by atoms with E-state index in [1.54, 1.807) is 12.1 Å². The zero-order chi connectivity index (χ0) is 24.2. The van der Waals surface area contributed by atoms with Gasteiger partial charge in [0.05, 0.1) is 29.6 Å². The molecule has 6 nitrogen and oxygen atoms in total. The van der Waals surface area contributed by atoms with Crippen LogP contribution in [0.3, 0.4) is 0 Å². The van der Waals surface area contributed by atoms with Gasteiger partial charge in [-0.1, -0.05) is 40.9 Å². The number of amides is 1. The van der Waals surface area contributed by atoms with Gasteiger partial charge in [0.25, 0.3) is 5.91 Å². The highest BCUT2D eigenvalue weighted by atomic mass is 35.5. The minimum absolute atomic E-state index is 0.204. The number of nitrogens with zero attached hydrogens (tertiary/aromatic N) is 2. The molecule has 172 valence electrons. The molecule has 1 heterocycles. The summed E-state index contributed by atoms with van der Waals surface area (Å²) in [6.07, 6.45) is -3.46. The van der Waals surface area contributed by atoms with Gasteiger partial charge in [-0.05, 0) is 42.5 Å². The number of hydrazone groups is 1. The Morgan fingerprint density at radius 3 is 2.42 bits per heavy atom. The van der Waals surface area contributed by atoms with Gasteiger partial charge in [-0.15, -0.1) is 0 Å². The number of hydrogen-bond acceptors (Lipinski definition) is 5. The lowest BCUT2D eigenvalue weighted by molar-refractivity contribution is -0.141. The fraction of sp³-hybridized carbons (Fsp3) is 0.0952. The quantitative estimate of drug-likeness (QED) is 0.286. The zero-order valence-corrected chi connectivity index (χ0v) is 18.9. The molecule has 0 aliphatic rings. The van der Waals surface area contributed by atoms with Crippen LogP contribution < -0.4 is 15.5 Å². The molecule has 0 spiro atoms. The van der Waals surface area contributed by atoms with Gasteiger partial charge in [0.1, 0.15) is 17.3 Å². The Morgan fingerprint density at radius 1 is 1.06 bits per heavy atom. The third-order valence-electron chi connectivity index (χ3n) is 4.18. The Labute approximate surface area is 201 Å². The monoisotopic (exact) mass is 516 g/mol. The summed E-state index contributed by atoms with van der Waals surface area (Å²) in [6.45, 7) is 0. The van der Waals surface area contributed by atoms with Crippen molar-refractivity contribution in [2.75, 3.05) is 12.4 Å². The van der Waals surface area contributed by atoms with E-state index in [0.29, 0.717) is 26.7 Å². The maximum Gasteiger partial charge on any atom is 0.433 e. The lowest BCUT2D eigenvalue weighted by Gasteiger charge is -2.15. The molecule has 3 aromatic rings. The number of pyridine rings is 1. The second-order valence-corrected chi connectivity index (χ2v) is 7.71. The maximum atomic E-state index is 13.2. The van der Waals surface area contributed by atoms with E-state index in [4.69, 9.17) is 39.5 Å². The fourth-order valence-corrected chi connectivity index (χ4v) is 3.26. The Hall–Kier alpha value is -3.01. The average molecular weight is 518 g/mol. The molecule has 0 fully saturated rings. The van der Waals surface area contributed by atoms with Crippen LogP contribution in [0.5, 0.6) is 5.75 Å². The highest BCUT2D eigenvalue weighted by Crippen LogP contribution is 2.34. The lowest BCUT2D eigenvalue weighted by atomic mass is 10.2. The van der Waals surface area contributed by atoms with Gasteiger partial charge in [-0.3, -0.25) is 4.79 Å². The number of aromatic nitrogens is 1. The number of hydrogen-bond donors (Lipinski definition) is 2. The van der Waals surface area contributed by atoms with Crippen LogP contribution in [0.4, 0.5) is 24.7 Å². The number of nitrogens with one attached hydrogen (secondary N) is 2. The first kappa shape index (κ1) is 24.6. The third kappa shape index (κ3) is 6.28. The molecule has 1 aromatic heterocycles. The molecule has 0 unspecified atom stereocenters. The first-order valence-electron chi connectivity index (χ1n) is 9.05. The standard InChI is InChI=1S/C21H14Cl3F3N4O2/c1-33-17-6-4-13(23)9-16(17)29-19-14(5-7-18(30-19)21(25,26)27)20(32)31-28-10-11-2-3-12(22)8-15(11)24/h2-10H,1H3,(H,29,30)(H,31,32)/b28-10+. The summed E-state index contributed by atoms with van der Waals surface area (Å²) in [5, 5.41) is 7.49. The molecule has 3 rings (SSSR count). The first-order chi connectivity index (χ1) is 15.6.